The first kappa shape index (κ1) is 8.30. The van der Waals surface area contributed by atoms with Crippen molar-refractivity contribution in [3.63, 3.8) is 0 Å². The molecule has 0 unspecified atom stereocenters. The Kier molecular flexibility index (Phi) is 2.05. The molecule has 0 saturated heterocycles. The Morgan fingerprint density at radius 2 is 2.23 bits per heavy atom. The van der Waals surface area contributed by atoms with Crippen molar-refractivity contribution in [1.82, 2.24) is 0 Å². The first-order valence-electron chi connectivity index (χ1n) is 4.64. The molecule has 0 saturated carbocycles. The SMILES string of the molecule is Cc1cc2c(c(NC=O)c1)CCC2. The maximum Gasteiger partial charge on any atom is 0.211 e. The maximum atomic E-state index is 10.4. The molecule has 0 radical (unpaired) electrons. The lowest BCUT2D eigenvalue weighted by Crippen LogP contribution is -1.99. The fraction of sp³-hybridized carbons (Fsp3) is 0.364. The highest BCUT2D eigenvalue weighted by molar-refractivity contribution is 5.75. The van der Waals surface area contributed by atoms with Crippen LogP contribution in [0.3, 0.4) is 0 Å². The van der Waals surface area contributed by atoms with E-state index in [1.54, 1.807) is 0 Å². The average Bonchev–Trinajstić information content (AvgIpc) is 2.52. The largest absolute Gasteiger partial charge is 0.328 e. The summed E-state index contributed by atoms with van der Waals surface area (Å²) in [7, 11) is 0. The van der Waals surface area contributed by atoms with Crippen LogP contribution in [0.1, 0.15) is 23.1 Å². The fourth-order valence-electron chi connectivity index (χ4n) is 2.06. The highest BCUT2D eigenvalue weighted by atomic mass is 16.1. The van der Waals surface area contributed by atoms with Crippen LogP contribution >= 0.6 is 0 Å². The molecule has 1 aromatic rings. The quantitative estimate of drug-likeness (QED) is 0.685. The summed E-state index contributed by atoms with van der Waals surface area (Å²) in [4.78, 5) is 10.4. The zero-order valence-corrected chi connectivity index (χ0v) is 7.76. The predicted molar refractivity (Wildman–Crippen MR) is 52.9 cm³/mol. The van der Waals surface area contributed by atoms with Crippen LogP contribution in [0.25, 0.3) is 0 Å². The molecule has 2 rings (SSSR count). The van der Waals surface area contributed by atoms with Gasteiger partial charge >= 0.3 is 0 Å². The van der Waals surface area contributed by atoms with E-state index in [0.717, 1.165) is 24.9 Å². The third-order valence-electron chi connectivity index (χ3n) is 2.57. The molecule has 0 aliphatic heterocycles. The Labute approximate surface area is 78.0 Å². The van der Waals surface area contributed by atoms with Crippen LogP contribution in [-0.2, 0) is 17.6 Å². The molecule has 0 fully saturated rings. The molecule has 0 aromatic heterocycles. The normalized spacial score (nSPS) is 13.9. The summed E-state index contributed by atoms with van der Waals surface area (Å²) in [6.07, 6.45) is 4.23. The summed E-state index contributed by atoms with van der Waals surface area (Å²) >= 11 is 0. The van der Waals surface area contributed by atoms with Gasteiger partial charge in [-0.05, 0) is 48.9 Å². The molecule has 0 bridgehead atoms. The van der Waals surface area contributed by atoms with Crippen molar-refractivity contribution in [2.24, 2.45) is 0 Å². The van der Waals surface area contributed by atoms with Crippen molar-refractivity contribution < 1.29 is 4.79 Å². The summed E-state index contributed by atoms with van der Waals surface area (Å²) in [6.45, 7) is 2.06. The molecular formula is C11H13NO. The number of aryl methyl sites for hydroxylation is 2. The van der Waals surface area contributed by atoms with Gasteiger partial charge in [0.15, 0.2) is 0 Å². The lowest BCUT2D eigenvalue weighted by molar-refractivity contribution is -0.105. The van der Waals surface area contributed by atoms with Gasteiger partial charge < -0.3 is 5.32 Å². The number of carbonyl (C=O) groups is 1. The molecule has 1 aliphatic carbocycles. The number of rotatable bonds is 2. The Balaban J connectivity index is 2.48. The first-order chi connectivity index (χ1) is 6.31. The van der Waals surface area contributed by atoms with Crippen LogP contribution in [-0.4, -0.2) is 6.41 Å². The van der Waals surface area contributed by atoms with Gasteiger partial charge in [-0.1, -0.05) is 6.07 Å². The van der Waals surface area contributed by atoms with E-state index >= 15 is 0 Å². The summed E-state index contributed by atoms with van der Waals surface area (Å²) in [5.41, 5.74) is 4.97. The van der Waals surface area contributed by atoms with Crippen molar-refractivity contribution in [3.05, 3.63) is 28.8 Å². The molecule has 2 nitrogen and oxygen atoms in total. The first-order valence-corrected chi connectivity index (χ1v) is 4.64. The molecule has 68 valence electrons. The predicted octanol–water partition coefficient (Wildman–Crippen LogP) is 2.05. The van der Waals surface area contributed by atoms with Crippen LogP contribution in [0.5, 0.6) is 0 Å². The number of nitrogens with one attached hydrogen (secondary N) is 1. The molecule has 1 amide bonds. The van der Waals surface area contributed by atoms with E-state index in [4.69, 9.17) is 0 Å². The third kappa shape index (κ3) is 1.44. The van der Waals surface area contributed by atoms with Crippen molar-refractivity contribution in [1.29, 1.82) is 0 Å². The second-order valence-corrected chi connectivity index (χ2v) is 3.57. The smallest absolute Gasteiger partial charge is 0.211 e. The highest BCUT2D eigenvalue weighted by Crippen LogP contribution is 2.29. The summed E-state index contributed by atoms with van der Waals surface area (Å²) in [6, 6.07) is 4.26. The fourth-order valence-corrected chi connectivity index (χ4v) is 2.06. The lowest BCUT2D eigenvalue weighted by Gasteiger charge is -2.08. The van der Waals surface area contributed by atoms with E-state index in [1.165, 1.54) is 23.1 Å². The molecule has 13 heavy (non-hydrogen) atoms. The third-order valence-corrected chi connectivity index (χ3v) is 2.57. The Hall–Kier alpha value is -1.31. The van der Waals surface area contributed by atoms with Gasteiger partial charge in [0.1, 0.15) is 0 Å². The zero-order valence-electron chi connectivity index (χ0n) is 7.76. The second kappa shape index (κ2) is 3.21. The summed E-state index contributed by atoms with van der Waals surface area (Å²) < 4.78 is 0. The standard InChI is InChI=1S/C11H13NO/c1-8-5-9-3-2-4-10(9)11(6-8)12-7-13/h5-7H,2-4H2,1H3,(H,12,13). The molecule has 1 aliphatic rings. The van der Waals surface area contributed by atoms with Crippen molar-refractivity contribution in [3.8, 4) is 0 Å². The van der Waals surface area contributed by atoms with Gasteiger partial charge in [-0.2, -0.15) is 0 Å². The van der Waals surface area contributed by atoms with Gasteiger partial charge in [0.2, 0.25) is 6.41 Å². The molecular weight excluding hydrogens is 162 g/mol. The van der Waals surface area contributed by atoms with Gasteiger partial charge in [0.25, 0.3) is 0 Å². The van der Waals surface area contributed by atoms with E-state index in [-0.39, 0.29) is 0 Å². The van der Waals surface area contributed by atoms with E-state index in [2.05, 4.69) is 18.3 Å². The molecule has 0 spiro atoms. The summed E-state index contributed by atoms with van der Waals surface area (Å²) in [5, 5.41) is 2.77. The van der Waals surface area contributed by atoms with Gasteiger partial charge in [-0.3, -0.25) is 4.79 Å². The zero-order chi connectivity index (χ0) is 9.26. The Morgan fingerprint density at radius 3 is 3.00 bits per heavy atom. The minimum Gasteiger partial charge on any atom is -0.328 e. The van der Waals surface area contributed by atoms with Gasteiger partial charge in [0, 0.05) is 5.69 Å². The highest BCUT2D eigenvalue weighted by Gasteiger charge is 2.14. The van der Waals surface area contributed by atoms with Crippen molar-refractivity contribution >= 4 is 12.1 Å². The number of benzene rings is 1. The van der Waals surface area contributed by atoms with E-state index in [1.807, 2.05) is 6.07 Å². The Bertz CT molecular complexity index is 344. The molecule has 1 aromatic carbocycles. The monoisotopic (exact) mass is 175 g/mol. The van der Waals surface area contributed by atoms with E-state index in [9.17, 15) is 4.79 Å². The molecule has 0 heterocycles. The number of amides is 1. The number of fused-ring (bicyclic) bond motifs is 1. The minimum atomic E-state index is 0.757. The molecule has 2 heteroatoms. The summed E-state index contributed by atoms with van der Waals surface area (Å²) in [5.74, 6) is 0. The van der Waals surface area contributed by atoms with Crippen LogP contribution in [0.2, 0.25) is 0 Å². The number of anilines is 1. The van der Waals surface area contributed by atoms with Crippen LogP contribution < -0.4 is 5.32 Å². The molecule has 1 N–H and O–H groups in total. The Morgan fingerprint density at radius 1 is 1.38 bits per heavy atom. The van der Waals surface area contributed by atoms with Gasteiger partial charge in [-0.25, -0.2) is 0 Å². The number of hydrogen-bond acceptors (Lipinski definition) is 1. The number of hydrogen-bond donors (Lipinski definition) is 1. The van der Waals surface area contributed by atoms with Crippen LogP contribution in [0, 0.1) is 6.92 Å². The van der Waals surface area contributed by atoms with Gasteiger partial charge in [0.05, 0.1) is 0 Å². The van der Waals surface area contributed by atoms with Crippen LogP contribution in [0.4, 0.5) is 5.69 Å². The van der Waals surface area contributed by atoms with E-state index in [0.29, 0.717) is 0 Å². The number of carbonyl (C=O) groups excluding carboxylic acids is 1. The van der Waals surface area contributed by atoms with Crippen LogP contribution in [0.15, 0.2) is 12.1 Å². The van der Waals surface area contributed by atoms with E-state index < -0.39 is 0 Å². The van der Waals surface area contributed by atoms with Crippen molar-refractivity contribution in [2.75, 3.05) is 5.32 Å². The minimum absolute atomic E-state index is 0.757. The average molecular weight is 175 g/mol. The maximum absolute atomic E-state index is 10.4. The topological polar surface area (TPSA) is 29.1 Å². The van der Waals surface area contributed by atoms with Crippen molar-refractivity contribution in [2.45, 2.75) is 26.2 Å². The second-order valence-electron chi connectivity index (χ2n) is 3.57. The molecule has 0 atom stereocenters. The lowest BCUT2D eigenvalue weighted by atomic mass is 10.0. The van der Waals surface area contributed by atoms with Gasteiger partial charge in [-0.15, -0.1) is 0 Å².